The Labute approximate surface area is 254 Å². The number of nitrogens with one attached hydrogen (secondary N) is 3. The molecule has 7 N–H and O–H groups in total. The van der Waals surface area contributed by atoms with Gasteiger partial charge in [0.05, 0.1) is 5.69 Å². The van der Waals surface area contributed by atoms with Gasteiger partial charge in [-0.05, 0) is 43.3 Å². The number of aromatic nitrogens is 13. The van der Waals surface area contributed by atoms with Gasteiger partial charge < -0.3 is 15.1 Å². The highest BCUT2D eigenvalue weighted by Gasteiger charge is 2.29. The summed E-state index contributed by atoms with van der Waals surface area (Å²) in [5, 5.41) is 57.1. The molecule has 4 aromatic heterocycles. The third kappa shape index (κ3) is 12.5. The van der Waals surface area contributed by atoms with Gasteiger partial charge in [-0.3, -0.25) is 10.3 Å². The molecule has 0 aliphatic carbocycles. The van der Waals surface area contributed by atoms with Gasteiger partial charge in [-0.15, -0.1) is 25.5 Å². The zero-order valence-corrected chi connectivity index (χ0v) is 24.5. The van der Waals surface area contributed by atoms with E-state index in [0.29, 0.717) is 23.0 Å². The van der Waals surface area contributed by atoms with Crippen LogP contribution in [0.1, 0.15) is 37.9 Å². The summed E-state index contributed by atoms with van der Waals surface area (Å²) >= 11 is 0. The SMILES string of the molecule is Cn1nnnc1C(=NOCc1cccc(N(C(=O)O)C(C)(C)C)n1)c1ccccc1.NNC(=O)O.c1nn[nH]n1.c1nn[nH]n1. The minimum absolute atomic E-state index is 0.0487. The van der Waals surface area contributed by atoms with E-state index in [-0.39, 0.29) is 6.61 Å². The molecule has 0 spiro atoms. The molecule has 22 heteroatoms. The topological polar surface area (TPSA) is 303 Å². The van der Waals surface area contributed by atoms with Gasteiger partial charge in [0.15, 0.2) is 25.0 Å². The molecule has 0 saturated heterocycles. The summed E-state index contributed by atoms with van der Waals surface area (Å²) in [6.45, 7) is 5.46. The number of pyridine rings is 1. The van der Waals surface area contributed by atoms with Gasteiger partial charge in [0, 0.05) is 18.2 Å². The minimum atomic E-state index is -1.22. The van der Waals surface area contributed by atoms with Crippen LogP contribution in [0.3, 0.4) is 0 Å². The number of nitrogens with two attached hydrogens (primary N) is 1. The van der Waals surface area contributed by atoms with Crippen LogP contribution >= 0.6 is 0 Å². The zero-order chi connectivity index (χ0) is 33.1. The number of hydrazine groups is 1. The fourth-order valence-electron chi connectivity index (χ4n) is 3.07. The smallest absolute Gasteiger partial charge is 0.418 e. The first-order valence-electron chi connectivity index (χ1n) is 12.5. The van der Waals surface area contributed by atoms with Crippen LogP contribution in [0.4, 0.5) is 15.4 Å². The lowest BCUT2D eigenvalue weighted by molar-refractivity contribution is 0.128. The van der Waals surface area contributed by atoms with E-state index in [1.807, 2.05) is 30.3 Å². The van der Waals surface area contributed by atoms with E-state index < -0.39 is 17.7 Å². The van der Waals surface area contributed by atoms with Gasteiger partial charge in [0.1, 0.15) is 5.82 Å². The quantitative estimate of drug-likeness (QED) is 0.0643. The molecule has 0 radical (unpaired) electrons. The number of carboxylic acid groups (broad SMARTS) is 2. The molecular formula is C23H31N17O5. The van der Waals surface area contributed by atoms with E-state index in [0.717, 1.165) is 5.56 Å². The van der Waals surface area contributed by atoms with Crippen molar-refractivity contribution in [2.75, 3.05) is 4.90 Å². The van der Waals surface area contributed by atoms with Crippen LogP contribution in [0.2, 0.25) is 0 Å². The molecule has 0 bridgehead atoms. The van der Waals surface area contributed by atoms with Crippen molar-refractivity contribution in [2.45, 2.75) is 32.9 Å². The molecule has 5 rings (SSSR count). The number of oxime groups is 1. The Morgan fingerprint density at radius 2 is 1.64 bits per heavy atom. The number of carbonyl (C=O) groups is 2. The van der Waals surface area contributed by atoms with Crippen LogP contribution in [-0.4, -0.2) is 100 Å². The molecule has 0 saturated carbocycles. The molecule has 238 valence electrons. The van der Waals surface area contributed by atoms with E-state index in [1.54, 1.807) is 46.0 Å². The predicted octanol–water partition coefficient (Wildman–Crippen LogP) is 0.384. The Hall–Kier alpha value is -6.45. The average Bonchev–Trinajstić information content (AvgIpc) is 3.82. The highest BCUT2D eigenvalue weighted by molar-refractivity contribution is 6.10. The number of tetrazole rings is 3. The lowest BCUT2D eigenvalue weighted by Gasteiger charge is -2.32. The predicted molar refractivity (Wildman–Crippen MR) is 154 cm³/mol. The second-order valence-electron chi connectivity index (χ2n) is 9.05. The summed E-state index contributed by atoms with van der Waals surface area (Å²) in [5.41, 5.74) is 2.60. The number of benzene rings is 1. The van der Waals surface area contributed by atoms with E-state index >= 15 is 0 Å². The maximum absolute atomic E-state index is 11.7. The molecule has 4 heterocycles. The maximum Gasteiger partial charge on any atom is 0.418 e. The number of rotatable bonds is 6. The third-order valence-electron chi connectivity index (χ3n) is 4.79. The number of anilines is 1. The molecule has 22 nitrogen and oxygen atoms in total. The molecular weight excluding hydrogens is 594 g/mol. The van der Waals surface area contributed by atoms with Crippen molar-refractivity contribution in [2.24, 2.45) is 18.0 Å². The summed E-state index contributed by atoms with van der Waals surface area (Å²) < 4.78 is 1.50. The summed E-state index contributed by atoms with van der Waals surface area (Å²) in [7, 11) is 1.71. The van der Waals surface area contributed by atoms with E-state index in [4.69, 9.17) is 14.7 Å². The van der Waals surface area contributed by atoms with Crippen LogP contribution < -0.4 is 16.2 Å². The van der Waals surface area contributed by atoms with Crippen LogP contribution in [0.5, 0.6) is 0 Å². The van der Waals surface area contributed by atoms with Crippen molar-refractivity contribution < 1.29 is 24.6 Å². The number of hydrogen-bond acceptors (Lipinski definition) is 15. The van der Waals surface area contributed by atoms with Gasteiger partial charge in [-0.2, -0.15) is 10.4 Å². The van der Waals surface area contributed by atoms with Crippen LogP contribution in [0, 0.1) is 0 Å². The maximum atomic E-state index is 11.7. The first-order chi connectivity index (χ1) is 21.5. The molecule has 0 atom stereocenters. The summed E-state index contributed by atoms with van der Waals surface area (Å²) in [6.07, 6.45) is 0.372. The Bertz CT molecular complexity index is 1490. The third-order valence-corrected chi connectivity index (χ3v) is 4.79. The summed E-state index contributed by atoms with van der Waals surface area (Å²) in [6, 6.07) is 14.5. The number of aromatic amines is 2. The molecule has 5 aromatic rings. The molecule has 0 fully saturated rings. The fraction of sp³-hybridized carbons (Fsp3) is 0.261. The van der Waals surface area contributed by atoms with Crippen molar-refractivity contribution in [3.63, 3.8) is 0 Å². The van der Waals surface area contributed by atoms with Crippen molar-refractivity contribution >= 4 is 23.7 Å². The van der Waals surface area contributed by atoms with Gasteiger partial charge in [0.25, 0.3) is 0 Å². The van der Waals surface area contributed by atoms with Crippen molar-refractivity contribution in [1.82, 2.24) is 71.9 Å². The van der Waals surface area contributed by atoms with E-state index in [2.05, 4.69) is 72.8 Å². The van der Waals surface area contributed by atoms with Crippen molar-refractivity contribution in [3.05, 3.63) is 78.3 Å². The second kappa shape index (κ2) is 18.2. The lowest BCUT2D eigenvalue weighted by Crippen LogP contribution is -2.45. The van der Waals surface area contributed by atoms with E-state index in [9.17, 15) is 9.90 Å². The normalized spacial score (nSPS) is 10.5. The number of hydrogen-bond donors (Lipinski definition) is 6. The number of amides is 2. The Morgan fingerprint density at radius 1 is 1.02 bits per heavy atom. The van der Waals surface area contributed by atoms with Gasteiger partial charge in [-0.25, -0.2) is 25.1 Å². The van der Waals surface area contributed by atoms with Gasteiger partial charge >= 0.3 is 12.2 Å². The fourth-order valence-corrected chi connectivity index (χ4v) is 3.07. The Kier molecular flexibility index (Phi) is 14.0. The van der Waals surface area contributed by atoms with Gasteiger partial charge in [-0.1, -0.05) is 52.0 Å². The molecule has 2 amide bonds. The van der Waals surface area contributed by atoms with Gasteiger partial charge in [0.2, 0.25) is 5.82 Å². The first kappa shape index (κ1) is 34.7. The summed E-state index contributed by atoms with van der Waals surface area (Å²) in [4.78, 5) is 32.0. The van der Waals surface area contributed by atoms with Crippen LogP contribution in [0.25, 0.3) is 0 Å². The van der Waals surface area contributed by atoms with Crippen molar-refractivity contribution in [3.8, 4) is 0 Å². The molecule has 0 aliphatic heterocycles. The lowest BCUT2D eigenvalue weighted by atomic mass is 10.1. The van der Waals surface area contributed by atoms with Crippen molar-refractivity contribution in [1.29, 1.82) is 0 Å². The average molecular weight is 626 g/mol. The van der Waals surface area contributed by atoms with E-state index in [1.165, 1.54) is 27.7 Å². The molecule has 1 aromatic carbocycles. The largest absolute Gasteiger partial charge is 0.465 e. The highest BCUT2D eigenvalue weighted by atomic mass is 16.6. The second-order valence-corrected chi connectivity index (χ2v) is 9.05. The number of H-pyrrole nitrogens is 2. The monoisotopic (exact) mass is 625 g/mol. The standard InChI is InChI=1S/C20H23N7O3.2CH2N4.CH4N2O2/c1-20(2,3)27(19(28)29)16-12-8-11-15(21-16)13-30-23-17(14-9-6-5-7-10-14)18-22-24-25-26(18)4;2*1-2-4-5-3-1;2-3-1(4)5/h5-12H,13H2,1-4H3,(H,28,29);2*1H,(H,2,3,4,5);3H,2H2,(H,4,5). The number of aryl methyl sites for hydroxylation is 1. The highest BCUT2D eigenvalue weighted by Crippen LogP contribution is 2.22. The van der Waals surface area contributed by atoms with Crippen LogP contribution in [0.15, 0.2) is 66.3 Å². The first-order valence-corrected chi connectivity index (χ1v) is 12.5. The minimum Gasteiger partial charge on any atom is -0.465 e. The number of nitrogens with zero attached hydrogens (tertiary/aromatic N) is 13. The summed E-state index contributed by atoms with van der Waals surface area (Å²) in [5.74, 6) is 5.09. The molecule has 0 unspecified atom stereocenters. The Balaban J connectivity index is 0.000000381. The zero-order valence-electron chi connectivity index (χ0n) is 24.5. The van der Waals surface area contributed by atoms with Crippen LogP contribution in [-0.2, 0) is 18.5 Å². The Morgan fingerprint density at radius 3 is 2.07 bits per heavy atom. The molecule has 0 aliphatic rings. The molecule has 45 heavy (non-hydrogen) atoms.